The van der Waals surface area contributed by atoms with Gasteiger partial charge in [0.25, 0.3) is 0 Å². The highest BCUT2D eigenvalue weighted by Crippen LogP contribution is 2.11. The van der Waals surface area contributed by atoms with Crippen molar-refractivity contribution in [3.05, 3.63) is 16.1 Å². The van der Waals surface area contributed by atoms with Gasteiger partial charge in [0.05, 0.1) is 16.3 Å². The van der Waals surface area contributed by atoms with Gasteiger partial charge >= 0.3 is 0 Å². The molecule has 0 aliphatic rings. The lowest BCUT2D eigenvalue weighted by atomic mass is 10.1. The second-order valence-corrected chi connectivity index (χ2v) is 6.20. The lowest BCUT2D eigenvalue weighted by Gasteiger charge is -2.27. The minimum absolute atomic E-state index is 0.604. The van der Waals surface area contributed by atoms with E-state index in [9.17, 15) is 5.11 Å². The van der Waals surface area contributed by atoms with Crippen molar-refractivity contribution in [1.29, 1.82) is 0 Å². The van der Waals surface area contributed by atoms with Gasteiger partial charge in [0.2, 0.25) is 0 Å². The van der Waals surface area contributed by atoms with E-state index in [-0.39, 0.29) is 0 Å². The van der Waals surface area contributed by atoms with E-state index in [2.05, 4.69) is 22.2 Å². The van der Waals surface area contributed by atoms with Crippen LogP contribution in [0.3, 0.4) is 0 Å². The van der Waals surface area contributed by atoms with Gasteiger partial charge in [0.15, 0.2) is 0 Å². The number of hydrogen-bond donors (Lipinski definition) is 1. The van der Waals surface area contributed by atoms with Crippen molar-refractivity contribution in [3.8, 4) is 0 Å². The fourth-order valence-electron chi connectivity index (χ4n) is 1.90. The quantitative estimate of drug-likeness (QED) is 0.814. The Balaban J connectivity index is 2.28. The van der Waals surface area contributed by atoms with Crippen molar-refractivity contribution < 1.29 is 5.11 Å². The lowest BCUT2D eigenvalue weighted by molar-refractivity contribution is 0.0376. The molecule has 4 heteroatoms. The Bertz CT molecular complexity index is 330. The Hall–Kier alpha value is -0.450. The summed E-state index contributed by atoms with van der Waals surface area (Å²) in [5, 5.41) is 13.1. The van der Waals surface area contributed by atoms with E-state index in [0.29, 0.717) is 0 Å². The molecule has 98 valence electrons. The molecule has 1 aromatic heterocycles. The lowest BCUT2D eigenvalue weighted by Crippen LogP contribution is -2.39. The van der Waals surface area contributed by atoms with Crippen LogP contribution in [0, 0.1) is 6.92 Å². The van der Waals surface area contributed by atoms with Gasteiger partial charge in [-0.05, 0) is 46.7 Å². The SMILES string of the molecule is CCN(CCCc1csc(C)n1)CC(C)(C)O. The van der Waals surface area contributed by atoms with Crippen LogP contribution in [0.5, 0.6) is 0 Å². The second kappa shape index (κ2) is 6.47. The zero-order chi connectivity index (χ0) is 12.9. The Morgan fingerprint density at radius 3 is 2.65 bits per heavy atom. The number of nitrogens with zero attached hydrogens (tertiary/aromatic N) is 2. The summed E-state index contributed by atoms with van der Waals surface area (Å²) in [6.45, 7) is 10.6. The summed E-state index contributed by atoms with van der Waals surface area (Å²) in [6.07, 6.45) is 2.14. The van der Waals surface area contributed by atoms with E-state index in [0.717, 1.165) is 37.5 Å². The van der Waals surface area contributed by atoms with Crippen molar-refractivity contribution in [1.82, 2.24) is 9.88 Å². The van der Waals surface area contributed by atoms with Gasteiger partial charge in [0.1, 0.15) is 0 Å². The number of aliphatic hydroxyl groups is 1. The molecular formula is C13H24N2OS. The molecule has 1 N–H and O–H groups in total. The molecule has 0 aromatic carbocycles. The summed E-state index contributed by atoms with van der Waals surface area (Å²) in [7, 11) is 0. The Morgan fingerprint density at radius 1 is 1.47 bits per heavy atom. The molecular weight excluding hydrogens is 232 g/mol. The second-order valence-electron chi connectivity index (χ2n) is 5.14. The molecule has 0 atom stereocenters. The van der Waals surface area contributed by atoms with Crippen LogP contribution >= 0.6 is 11.3 Å². The topological polar surface area (TPSA) is 36.4 Å². The van der Waals surface area contributed by atoms with E-state index in [1.807, 2.05) is 20.8 Å². The van der Waals surface area contributed by atoms with Crippen LogP contribution < -0.4 is 0 Å². The zero-order valence-corrected chi connectivity index (χ0v) is 12.2. The van der Waals surface area contributed by atoms with Gasteiger partial charge < -0.3 is 10.0 Å². The first kappa shape index (κ1) is 14.6. The van der Waals surface area contributed by atoms with Crippen LogP contribution in [0.25, 0.3) is 0 Å². The third-order valence-electron chi connectivity index (χ3n) is 2.63. The Labute approximate surface area is 108 Å². The average molecular weight is 256 g/mol. The molecule has 0 amide bonds. The predicted octanol–water partition coefficient (Wildman–Crippen LogP) is 2.48. The molecule has 0 unspecified atom stereocenters. The predicted molar refractivity (Wildman–Crippen MR) is 73.6 cm³/mol. The van der Waals surface area contributed by atoms with E-state index in [4.69, 9.17) is 0 Å². The molecule has 0 fully saturated rings. The summed E-state index contributed by atoms with van der Waals surface area (Å²) in [4.78, 5) is 6.75. The number of thiazole rings is 1. The summed E-state index contributed by atoms with van der Waals surface area (Å²) in [5.41, 5.74) is 0.597. The van der Waals surface area contributed by atoms with Crippen molar-refractivity contribution in [2.75, 3.05) is 19.6 Å². The monoisotopic (exact) mass is 256 g/mol. The molecule has 1 heterocycles. The highest BCUT2D eigenvalue weighted by Gasteiger charge is 2.16. The maximum absolute atomic E-state index is 9.79. The standard InChI is InChI=1S/C13H24N2OS/c1-5-15(10-13(3,4)16)8-6-7-12-9-17-11(2)14-12/h9,16H,5-8,10H2,1-4H3. The molecule has 0 aliphatic carbocycles. The van der Waals surface area contributed by atoms with E-state index in [1.165, 1.54) is 5.69 Å². The van der Waals surface area contributed by atoms with Gasteiger partial charge in [0, 0.05) is 11.9 Å². The fraction of sp³-hybridized carbons (Fsp3) is 0.769. The fourth-order valence-corrected chi connectivity index (χ4v) is 2.55. The molecule has 0 spiro atoms. The normalized spacial score (nSPS) is 12.4. The number of aromatic nitrogens is 1. The van der Waals surface area contributed by atoms with Gasteiger partial charge in [-0.25, -0.2) is 4.98 Å². The van der Waals surface area contributed by atoms with E-state index < -0.39 is 5.60 Å². The summed E-state index contributed by atoms with van der Waals surface area (Å²) in [6, 6.07) is 0. The van der Waals surface area contributed by atoms with Crippen molar-refractivity contribution in [2.24, 2.45) is 0 Å². The van der Waals surface area contributed by atoms with Crippen molar-refractivity contribution in [3.63, 3.8) is 0 Å². The van der Waals surface area contributed by atoms with Crippen LogP contribution in [-0.2, 0) is 6.42 Å². The van der Waals surface area contributed by atoms with Gasteiger partial charge in [-0.2, -0.15) is 0 Å². The number of aryl methyl sites for hydroxylation is 2. The maximum atomic E-state index is 9.79. The minimum atomic E-state index is -0.604. The van der Waals surface area contributed by atoms with Gasteiger partial charge in [-0.1, -0.05) is 6.92 Å². The molecule has 3 nitrogen and oxygen atoms in total. The van der Waals surface area contributed by atoms with Gasteiger partial charge in [-0.15, -0.1) is 11.3 Å². The highest BCUT2D eigenvalue weighted by molar-refractivity contribution is 7.09. The van der Waals surface area contributed by atoms with E-state index >= 15 is 0 Å². The molecule has 0 saturated heterocycles. The summed E-state index contributed by atoms with van der Waals surface area (Å²) < 4.78 is 0. The van der Waals surface area contributed by atoms with Crippen LogP contribution in [0.15, 0.2) is 5.38 Å². The summed E-state index contributed by atoms with van der Waals surface area (Å²) in [5.74, 6) is 0. The maximum Gasteiger partial charge on any atom is 0.0897 e. The van der Waals surface area contributed by atoms with Gasteiger partial charge in [-0.3, -0.25) is 0 Å². The minimum Gasteiger partial charge on any atom is -0.389 e. The Morgan fingerprint density at radius 2 is 2.18 bits per heavy atom. The number of hydrogen-bond acceptors (Lipinski definition) is 4. The molecule has 0 aliphatic heterocycles. The largest absolute Gasteiger partial charge is 0.389 e. The van der Waals surface area contributed by atoms with E-state index in [1.54, 1.807) is 11.3 Å². The molecule has 1 rings (SSSR count). The molecule has 1 aromatic rings. The molecule has 0 bridgehead atoms. The van der Waals surface area contributed by atoms with Crippen molar-refractivity contribution in [2.45, 2.75) is 46.1 Å². The molecule has 0 saturated carbocycles. The van der Waals surface area contributed by atoms with Crippen LogP contribution in [0.4, 0.5) is 0 Å². The number of rotatable bonds is 7. The summed E-state index contributed by atoms with van der Waals surface area (Å²) >= 11 is 1.71. The first-order valence-corrected chi connectivity index (χ1v) is 7.14. The number of likely N-dealkylation sites (N-methyl/N-ethyl adjacent to an activating group) is 1. The first-order chi connectivity index (χ1) is 7.90. The molecule has 0 radical (unpaired) electrons. The zero-order valence-electron chi connectivity index (χ0n) is 11.4. The molecule has 17 heavy (non-hydrogen) atoms. The first-order valence-electron chi connectivity index (χ1n) is 6.26. The van der Waals surface area contributed by atoms with Crippen molar-refractivity contribution >= 4 is 11.3 Å². The third-order valence-corrected chi connectivity index (χ3v) is 3.45. The third kappa shape index (κ3) is 6.15. The highest BCUT2D eigenvalue weighted by atomic mass is 32.1. The smallest absolute Gasteiger partial charge is 0.0897 e. The van der Waals surface area contributed by atoms with Crippen LogP contribution in [0.2, 0.25) is 0 Å². The van der Waals surface area contributed by atoms with Crippen LogP contribution in [-0.4, -0.2) is 40.2 Å². The Kier molecular flexibility index (Phi) is 5.56. The van der Waals surface area contributed by atoms with Crippen LogP contribution in [0.1, 0.15) is 37.9 Å². The average Bonchev–Trinajstić information content (AvgIpc) is 2.61.